The Bertz CT molecular complexity index is 1030. The van der Waals surface area contributed by atoms with Crippen LogP contribution in [-0.4, -0.2) is 64.2 Å². The second-order valence-electron chi connectivity index (χ2n) is 10.6. The highest BCUT2D eigenvalue weighted by Crippen LogP contribution is 2.51. The molecule has 3 heterocycles. The number of hydrogen-bond donors (Lipinski definition) is 2. The van der Waals surface area contributed by atoms with Crippen molar-refractivity contribution in [3.05, 3.63) is 41.7 Å². The molecule has 1 aromatic carbocycles. The number of carbonyl (C=O) groups excluding carboxylic acids is 1. The quantitative estimate of drug-likeness (QED) is 0.567. The summed E-state index contributed by atoms with van der Waals surface area (Å²) in [5, 5.41) is 16.5. The molecule has 2 aromatic rings. The monoisotopic (exact) mass is 481 g/mol. The molecular formula is C27H35N3O5. The van der Waals surface area contributed by atoms with Crippen molar-refractivity contribution < 1.29 is 24.2 Å². The second-order valence-corrected chi connectivity index (χ2v) is 10.6. The molecule has 4 fully saturated rings. The normalized spacial score (nSPS) is 26.1. The molecule has 0 atom stereocenters. The van der Waals surface area contributed by atoms with E-state index in [1.807, 2.05) is 13.2 Å². The fourth-order valence-corrected chi connectivity index (χ4v) is 6.18. The van der Waals surface area contributed by atoms with Crippen LogP contribution in [0.1, 0.15) is 69.0 Å². The predicted octanol–water partition coefficient (Wildman–Crippen LogP) is 4.69. The van der Waals surface area contributed by atoms with Gasteiger partial charge in [0.1, 0.15) is 0 Å². The van der Waals surface area contributed by atoms with Gasteiger partial charge in [-0.1, -0.05) is 37.1 Å². The number of hydrogen-bond acceptors (Lipinski definition) is 5. The summed E-state index contributed by atoms with van der Waals surface area (Å²) in [6.07, 6.45) is 10.2. The summed E-state index contributed by atoms with van der Waals surface area (Å²) in [6, 6.07) is 8.87. The van der Waals surface area contributed by atoms with E-state index in [1.165, 1.54) is 18.4 Å². The molecular weight excluding hydrogens is 446 g/mol. The third-order valence-corrected chi connectivity index (χ3v) is 8.51. The SMILES string of the molecule is CN(C(=O)OCCc1[nH]ncc1-c1ccc(C23CCC(CC(=O)O)(CC2)OC3)cc1)C1CCCC1. The van der Waals surface area contributed by atoms with Gasteiger partial charge in [0.25, 0.3) is 0 Å². The molecule has 2 bridgehead atoms. The van der Waals surface area contributed by atoms with Gasteiger partial charge in [0.2, 0.25) is 0 Å². The third-order valence-electron chi connectivity index (χ3n) is 8.51. The minimum atomic E-state index is -0.782. The van der Waals surface area contributed by atoms with Crippen LogP contribution in [0.15, 0.2) is 30.5 Å². The summed E-state index contributed by atoms with van der Waals surface area (Å²) in [6.45, 7) is 0.888. The summed E-state index contributed by atoms with van der Waals surface area (Å²) in [5.41, 5.74) is 3.77. The van der Waals surface area contributed by atoms with Gasteiger partial charge in [0.15, 0.2) is 0 Å². The minimum absolute atomic E-state index is 0.0302. The molecule has 8 nitrogen and oxygen atoms in total. The van der Waals surface area contributed by atoms with E-state index < -0.39 is 11.6 Å². The Morgan fingerprint density at radius 2 is 1.89 bits per heavy atom. The molecule has 188 valence electrons. The molecule has 2 N–H and O–H groups in total. The Labute approximate surface area is 206 Å². The van der Waals surface area contributed by atoms with E-state index in [2.05, 4.69) is 34.5 Å². The molecule has 6 rings (SSSR count). The Balaban J connectivity index is 1.19. The first-order chi connectivity index (χ1) is 16.9. The van der Waals surface area contributed by atoms with Crippen LogP contribution < -0.4 is 0 Å². The second kappa shape index (κ2) is 9.64. The van der Waals surface area contributed by atoms with Crippen molar-refractivity contribution in [2.75, 3.05) is 20.3 Å². The number of carboxylic acid groups (broad SMARTS) is 1. The van der Waals surface area contributed by atoms with E-state index in [1.54, 1.807) is 4.90 Å². The zero-order valence-electron chi connectivity index (χ0n) is 20.4. The first-order valence-electron chi connectivity index (χ1n) is 12.8. The Morgan fingerprint density at radius 1 is 1.17 bits per heavy atom. The summed E-state index contributed by atoms with van der Waals surface area (Å²) in [5.74, 6) is -0.782. The number of rotatable bonds is 8. The van der Waals surface area contributed by atoms with Crippen LogP contribution in [0, 0.1) is 0 Å². The number of carboxylic acids is 1. The fraction of sp³-hybridized carbons (Fsp3) is 0.593. The molecule has 2 aliphatic heterocycles. The number of fused-ring (bicyclic) bond motifs is 3. The van der Waals surface area contributed by atoms with Gasteiger partial charge in [0, 0.05) is 36.2 Å². The fourth-order valence-electron chi connectivity index (χ4n) is 6.18. The number of ether oxygens (including phenoxy) is 2. The maximum absolute atomic E-state index is 12.4. The van der Waals surface area contributed by atoms with Crippen molar-refractivity contribution in [3.63, 3.8) is 0 Å². The van der Waals surface area contributed by atoms with Gasteiger partial charge in [-0.05, 0) is 49.7 Å². The van der Waals surface area contributed by atoms with Crippen LogP contribution in [-0.2, 0) is 26.1 Å². The van der Waals surface area contributed by atoms with E-state index >= 15 is 0 Å². The Hall–Kier alpha value is -2.87. The topological polar surface area (TPSA) is 105 Å². The number of nitrogens with zero attached hydrogens (tertiary/aromatic N) is 2. The smallest absolute Gasteiger partial charge is 0.409 e. The number of aromatic amines is 1. The van der Waals surface area contributed by atoms with Gasteiger partial charge in [-0.3, -0.25) is 9.89 Å². The van der Waals surface area contributed by atoms with Crippen LogP contribution in [0.25, 0.3) is 11.1 Å². The predicted molar refractivity (Wildman–Crippen MR) is 130 cm³/mol. The van der Waals surface area contributed by atoms with Gasteiger partial charge >= 0.3 is 12.1 Å². The first-order valence-corrected chi connectivity index (χ1v) is 12.8. The molecule has 0 unspecified atom stereocenters. The maximum atomic E-state index is 12.4. The number of carbonyl (C=O) groups is 2. The third kappa shape index (κ3) is 4.81. The molecule has 1 aromatic heterocycles. The number of amides is 1. The molecule has 2 saturated heterocycles. The van der Waals surface area contributed by atoms with Crippen molar-refractivity contribution in [3.8, 4) is 11.1 Å². The number of aliphatic carboxylic acids is 1. The lowest BCUT2D eigenvalue weighted by Crippen LogP contribution is -2.54. The van der Waals surface area contributed by atoms with Gasteiger partial charge in [-0.15, -0.1) is 0 Å². The molecule has 4 aliphatic rings. The van der Waals surface area contributed by atoms with E-state index in [0.717, 1.165) is 55.3 Å². The Kier molecular flexibility index (Phi) is 6.57. The van der Waals surface area contributed by atoms with E-state index in [-0.39, 0.29) is 17.9 Å². The average Bonchev–Trinajstić information content (AvgIpc) is 3.57. The van der Waals surface area contributed by atoms with Crippen molar-refractivity contribution >= 4 is 12.1 Å². The van der Waals surface area contributed by atoms with Crippen LogP contribution >= 0.6 is 0 Å². The van der Waals surface area contributed by atoms with E-state index in [0.29, 0.717) is 25.7 Å². The zero-order chi connectivity index (χ0) is 24.5. The lowest BCUT2D eigenvalue weighted by molar-refractivity contribution is -0.174. The molecule has 1 amide bonds. The summed E-state index contributed by atoms with van der Waals surface area (Å²) >= 11 is 0. The van der Waals surface area contributed by atoms with Gasteiger partial charge in [0.05, 0.1) is 31.4 Å². The van der Waals surface area contributed by atoms with Crippen LogP contribution in [0.2, 0.25) is 0 Å². The molecule has 2 aliphatic carbocycles. The zero-order valence-corrected chi connectivity index (χ0v) is 20.4. The van der Waals surface area contributed by atoms with Crippen molar-refractivity contribution in [1.82, 2.24) is 15.1 Å². The standard InChI is InChI=1S/C27H35N3O5/c1-30(21-4-2-3-5-21)25(33)34-15-10-23-22(17-28-29-23)19-6-8-20(9-7-19)26-11-13-27(14-12-26,35-18-26)16-24(31)32/h6-9,17,21H,2-5,10-16,18H2,1H3,(H,28,29)(H,31,32). The van der Waals surface area contributed by atoms with Crippen LogP contribution in [0.5, 0.6) is 0 Å². The van der Waals surface area contributed by atoms with Crippen LogP contribution in [0.3, 0.4) is 0 Å². The number of benzene rings is 1. The van der Waals surface area contributed by atoms with E-state index in [9.17, 15) is 14.7 Å². The van der Waals surface area contributed by atoms with Crippen molar-refractivity contribution in [1.29, 1.82) is 0 Å². The van der Waals surface area contributed by atoms with Gasteiger partial charge in [-0.25, -0.2) is 4.79 Å². The lowest BCUT2D eigenvalue weighted by Gasteiger charge is -2.53. The number of H-pyrrole nitrogens is 1. The highest BCUT2D eigenvalue weighted by atomic mass is 16.6. The van der Waals surface area contributed by atoms with Crippen molar-refractivity contribution in [2.45, 2.75) is 81.3 Å². The maximum Gasteiger partial charge on any atom is 0.409 e. The summed E-state index contributed by atoms with van der Waals surface area (Å²) in [7, 11) is 1.83. The molecule has 2 saturated carbocycles. The summed E-state index contributed by atoms with van der Waals surface area (Å²) in [4.78, 5) is 25.4. The highest BCUT2D eigenvalue weighted by molar-refractivity contribution is 5.69. The Morgan fingerprint density at radius 3 is 2.51 bits per heavy atom. The molecule has 0 radical (unpaired) electrons. The largest absolute Gasteiger partial charge is 0.481 e. The number of aromatic nitrogens is 2. The molecule has 8 heteroatoms. The van der Waals surface area contributed by atoms with Crippen molar-refractivity contribution in [2.24, 2.45) is 0 Å². The average molecular weight is 482 g/mol. The minimum Gasteiger partial charge on any atom is -0.481 e. The number of nitrogens with one attached hydrogen (secondary N) is 1. The van der Waals surface area contributed by atoms with Gasteiger partial charge in [-0.2, -0.15) is 5.10 Å². The molecule has 0 spiro atoms. The van der Waals surface area contributed by atoms with E-state index in [4.69, 9.17) is 9.47 Å². The lowest BCUT2D eigenvalue weighted by atomic mass is 9.62. The summed E-state index contributed by atoms with van der Waals surface area (Å²) < 4.78 is 11.7. The first kappa shape index (κ1) is 23.9. The van der Waals surface area contributed by atoms with Crippen LogP contribution in [0.4, 0.5) is 4.79 Å². The van der Waals surface area contributed by atoms with Gasteiger partial charge < -0.3 is 19.5 Å². The highest BCUT2D eigenvalue weighted by Gasteiger charge is 2.51. The molecule has 35 heavy (non-hydrogen) atoms.